The number of likely N-dealkylation sites (tertiary alicyclic amines) is 2. The van der Waals surface area contributed by atoms with Gasteiger partial charge in [-0.15, -0.1) is 0 Å². The highest BCUT2D eigenvalue weighted by Crippen LogP contribution is 2.23. The maximum absolute atomic E-state index is 13.9. The molecular formula is C23H31F2N3O3. The third-order valence-corrected chi connectivity index (χ3v) is 6.08. The predicted molar refractivity (Wildman–Crippen MR) is 112 cm³/mol. The monoisotopic (exact) mass is 435 g/mol. The van der Waals surface area contributed by atoms with E-state index in [4.69, 9.17) is 0 Å². The zero-order chi connectivity index (χ0) is 22.8. The number of benzene rings is 1. The molecule has 0 aliphatic carbocycles. The van der Waals surface area contributed by atoms with Crippen LogP contribution in [0.25, 0.3) is 0 Å². The van der Waals surface area contributed by atoms with Gasteiger partial charge in [-0.2, -0.15) is 0 Å². The minimum Gasteiger partial charge on any atom is -0.353 e. The fourth-order valence-corrected chi connectivity index (χ4v) is 4.20. The first kappa shape index (κ1) is 23.2. The number of nitrogens with one attached hydrogen (secondary N) is 1. The molecular weight excluding hydrogens is 404 g/mol. The molecule has 0 spiro atoms. The summed E-state index contributed by atoms with van der Waals surface area (Å²) in [7, 11) is 0. The molecule has 1 aromatic rings. The van der Waals surface area contributed by atoms with Gasteiger partial charge < -0.3 is 15.1 Å². The van der Waals surface area contributed by atoms with E-state index in [0.717, 1.165) is 25.0 Å². The molecule has 2 aliphatic rings. The zero-order valence-corrected chi connectivity index (χ0v) is 18.4. The van der Waals surface area contributed by atoms with Crippen LogP contribution in [-0.2, 0) is 9.59 Å². The molecule has 6 nitrogen and oxygen atoms in total. The molecule has 3 rings (SSSR count). The van der Waals surface area contributed by atoms with Crippen LogP contribution < -0.4 is 5.32 Å². The zero-order valence-electron chi connectivity index (χ0n) is 18.4. The lowest BCUT2D eigenvalue weighted by atomic mass is 9.92. The van der Waals surface area contributed by atoms with E-state index in [1.165, 1.54) is 4.90 Å². The summed E-state index contributed by atoms with van der Waals surface area (Å²) < 4.78 is 27.0. The van der Waals surface area contributed by atoms with Gasteiger partial charge in [-0.3, -0.25) is 14.4 Å². The van der Waals surface area contributed by atoms with Gasteiger partial charge in [0.1, 0.15) is 11.6 Å². The van der Waals surface area contributed by atoms with Crippen LogP contribution in [0.5, 0.6) is 0 Å². The number of hydrogen-bond donors (Lipinski definition) is 1. The minimum absolute atomic E-state index is 0.0272. The Morgan fingerprint density at radius 2 is 1.52 bits per heavy atom. The summed E-state index contributed by atoms with van der Waals surface area (Å²) in [5.74, 6) is -2.17. The van der Waals surface area contributed by atoms with Gasteiger partial charge in [-0.25, -0.2) is 8.78 Å². The SMILES string of the molecule is CC(C)(C)C(=O)N1CCC(NC(=O)C2CCN(C(=O)c3ccc(F)cc3F)CC2)CC1. The molecule has 0 radical (unpaired) electrons. The number of nitrogens with zero attached hydrogens (tertiary/aromatic N) is 2. The number of amides is 3. The van der Waals surface area contributed by atoms with Crippen molar-refractivity contribution in [3.05, 3.63) is 35.4 Å². The van der Waals surface area contributed by atoms with Crippen molar-refractivity contribution in [2.45, 2.75) is 52.5 Å². The van der Waals surface area contributed by atoms with E-state index in [1.807, 2.05) is 25.7 Å². The van der Waals surface area contributed by atoms with E-state index in [-0.39, 0.29) is 29.3 Å². The number of rotatable bonds is 3. The smallest absolute Gasteiger partial charge is 0.256 e. The van der Waals surface area contributed by atoms with Crippen molar-refractivity contribution in [2.24, 2.45) is 11.3 Å². The van der Waals surface area contributed by atoms with E-state index < -0.39 is 23.0 Å². The van der Waals surface area contributed by atoms with Crippen LogP contribution in [0.2, 0.25) is 0 Å². The molecule has 2 heterocycles. The van der Waals surface area contributed by atoms with Crippen LogP contribution >= 0.6 is 0 Å². The Kier molecular flexibility index (Phi) is 6.96. The molecule has 2 saturated heterocycles. The first-order valence-electron chi connectivity index (χ1n) is 10.9. The second-order valence-electron chi connectivity index (χ2n) is 9.52. The second kappa shape index (κ2) is 9.32. The minimum atomic E-state index is -0.874. The standard InChI is InChI=1S/C23H31F2N3O3/c1-23(2,3)22(31)28-12-8-17(9-13-28)26-20(29)15-6-10-27(11-7-15)21(30)18-5-4-16(24)14-19(18)25/h4-5,14-15,17H,6-13H2,1-3H3,(H,26,29). The Morgan fingerprint density at radius 3 is 2.06 bits per heavy atom. The lowest BCUT2D eigenvalue weighted by Crippen LogP contribution is -2.51. The summed E-state index contributed by atoms with van der Waals surface area (Å²) >= 11 is 0. The van der Waals surface area contributed by atoms with Crippen LogP contribution in [0.1, 0.15) is 56.8 Å². The lowest BCUT2D eigenvalue weighted by molar-refractivity contribution is -0.140. The van der Waals surface area contributed by atoms with Crippen molar-refractivity contribution >= 4 is 17.7 Å². The van der Waals surface area contributed by atoms with Crippen molar-refractivity contribution < 1.29 is 23.2 Å². The molecule has 170 valence electrons. The largest absolute Gasteiger partial charge is 0.353 e. The van der Waals surface area contributed by atoms with Crippen molar-refractivity contribution in [1.29, 1.82) is 0 Å². The van der Waals surface area contributed by atoms with E-state index in [0.29, 0.717) is 45.1 Å². The number of halogens is 2. The highest BCUT2D eigenvalue weighted by Gasteiger charge is 2.33. The summed E-state index contributed by atoms with van der Waals surface area (Å²) in [4.78, 5) is 41.0. The maximum atomic E-state index is 13.9. The van der Waals surface area contributed by atoms with Crippen LogP contribution in [0.3, 0.4) is 0 Å². The maximum Gasteiger partial charge on any atom is 0.256 e. The summed E-state index contributed by atoms with van der Waals surface area (Å²) in [5, 5.41) is 3.10. The topological polar surface area (TPSA) is 69.7 Å². The van der Waals surface area contributed by atoms with Crippen molar-refractivity contribution in [3.63, 3.8) is 0 Å². The summed E-state index contributed by atoms with van der Waals surface area (Å²) in [5.41, 5.74) is -0.556. The highest BCUT2D eigenvalue weighted by atomic mass is 19.1. The van der Waals surface area contributed by atoms with Crippen molar-refractivity contribution in [1.82, 2.24) is 15.1 Å². The second-order valence-corrected chi connectivity index (χ2v) is 9.52. The Bertz CT molecular complexity index is 837. The normalized spacial score (nSPS) is 18.7. The van der Waals surface area contributed by atoms with Crippen LogP contribution in [0.4, 0.5) is 8.78 Å². The third kappa shape index (κ3) is 5.60. The lowest BCUT2D eigenvalue weighted by Gasteiger charge is -2.37. The van der Waals surface area contributed by atoms with Crippen LogP contribution in [0.15, 0.2) is 18.2 Å². The number of hydrogen-bond acceptors (Lipinski definition) is 3. The average molecular weight is 436 g/mol. The van der Waals surface area contributed by atoms with Gasteiger partial charge in [0.15, 0.2) is 0 Å². The van der Waals surface area contributed by atoms with Gasteiger partial charge in [-0.05, 0) is 37.8 Å². The van der Waals surface area contributed by atoms with Crippen LogP contribution in [0, 0.1) is 23.0 Å². The van der Waals surface area contributed by atoms with Gasteiger partial charge in [-0.1, -0.05) is 20.8 Å². The molecule has 0 bridgehead atoms. The summed E-state index contributed by atoms with van der Waals surface area (Å²) in [6.45, 7) is 7.70. The molecule has 31 heavy (non-hydrogen) atoms. The average Bonchev–Trinajstić information content (AvgIpc) is 2.73. The highest BCUT2D eigenvalue weighted by molar-refractivity contribution is 5.94. The molecule has 8 heteroatoms. The van der Waals surface area contributed by atoms with Gasteiger partial charge in [0, 0.05) is 49.6 Å². The molecule has 1 N–H and O–H groups in total. The number of carbonyl (C=O) groups is 3. The molecule has 1 aromatic carbocycles. The van der Waals surface area contributed by atoms with E-state index >= 15 is 0 Å². The van der Waals surface area contributed by atoms with Gasteiger partial charge >= 0.3 is 0 Å². The summed E-state index contributed by atoms with van der Waals surface area (Å²) in [6, 6.07) is 2.97. The van der Waals surface area contributed by atoms with E-state index in [2.05, 4.69) is 5.32 Å². The predicted octanol–water partition coefficient (Wildman–Crippen LogP) is 2.97. The van der Waals surface area contributed by atoms with Gasteiger partial charge in [0.05, 0.1) is 5.56 Å². The van der Waals surface area contributed by atoms with Gasteiger partial charge in [0.25, 0.3) is 5.91 Å². The quantitative estimate of drug-likeness (QED) is 0.794. The Labute approximate surface area is 182 Å². The van der Waals surface area contributed by atoms with E-state index in [1.54, 1.807) is 0 Å². The number of carbonyl (C=O) groups excluding carboxylic acids is 3. The Morgan fingerprint density at radius 1 is 0.935 bits per heavy atom. The molecule has 2 fully saturated rings. The molecule has 3 amide bonds. The van der Waals surface area contributed by atoms with Crippen LogP contribution in [-0.4, -0.2) is 59.7 Å². The third-order valence-electron chi connectivity index (χ3n) is 6.08. The molecule has 0 unspecified atom stereocenters. The van der Waals surface area contributed by atoms with E-state index in [9.17, 15) is 23.2 Å². The molecule has 2 aliphatic heterocycles. The Hall–Kier alpha value is -2.51. The van der Waals surface area contributed by atoms with Crippen molar-refractivity contribution in [3.8, 4) is 0 Å². The first-order chi connectivity index (χ1) is 14.6. The number of piperidine rings is 2. The van der Waals surface area contributed by atoms with Gasteiger partial charge in [0.2, 0.25) is 11.8 Å². The molecule has 0 atom stereocenters. The fraction of sp³-hybridized carbons (Fsp3) is 0.609. The first-order valence-corrected chi connectivity index (χ1v) is 10.9. The molecule has 0 saturated carbocycles. The Balaban J connectivity index is 1.45. The molecule has 0 aromatic heterocycles. The fourth-order valence-electron chi connectivity index (χ4n) is 4.20. The summed E-state index contributed by atoms with van der Waals surface area (Å²) in [6.07, 6.45) is 2.47. The van der Waals surface area contributed by atoms with Crippen molar-refractivity contribution in [2.75, 3.05) is 26.2 Å².